The average Bonchev–Trinajstić information content (AvgIpc) is 2.48. The Hall–Kier alpha value is -2.13. The van der Waals surface area contributed by atoms with Crippen molar-refractivity contribution in [1.82, 2.24) is 0 Å². The first-order valence-electron chi connectivity index (χ1n) is 6.57. The zero-order valence-electron chi connectivity index (χ0n) is 11.5. The first kappa shape index (κ1) is 14.3. The third-order valence-corrected chi connectivity index (χ3v) is 3.20. The van der Waals surface area contributed by atoms with Gasteiger partial charge in [0.25, 0.3) is 0 Å². The van der Waals surface area contributed by atoms with Crippen LogP contribution in [-0.2, 0) is 17.6 Å². The average molecular weight is 270 g/mol. The molecule has 0 bridgehead atoms. The van der Waals surface area contributed by atoms with Crippen molar-refractivity contribution in [3.63, 3.8) is 0 Å². The summed E-state index contributed by atoms with van der Waals surface area (Å²) < 4.78 is 5.21. The van der Waals surface area contributed by atoms with Gasteiger partial charge in [0.1, 0.15) is 11.9 Å². The number of para-hydroxylation sites is 1. The number of rotatable bonds is 6. The fourth-order valence-electron chi connectivity index (χ4n) is 2.11. The molecule has 0 spiro atoms. The van der Waals surface area contributed by atoms with Gasteiger partial charge in [0.2, 0.25) is 0 Å². The number of aliphatic hydroxyl groups is 1. The molecule has 20 heavy (non-hydrogen) atoms. The third kappa shape index (κ3) is 3.68. The van der Waals surface area contributed by atoms with E-state index in [1.54, 1.807) is 7.11 Å². The van der Waals surface area contributed by atoms with Crippen LogP contribution in [0, 0.1) is 0 Å². The van der Waals surface area contributed by atoms with Gasteiger partial charge in [0.05, 0.1) is 7.11 Å². The molecule has 104 valence electrons. The van der Waals surface area contributed by atoms with E-state index in [1.807, 2.05) is 54.6 Å². The normalized spacial score (nSPS) is 11.9. The standard InChI is InChI=1S/C17H18O3/c1-20-17-10-6-5-9-14(17)12-16(19)15(18)11-13-7-3-2-4-8-13/h2-10,15,18H,11-12H2,1H3. The summed E-state index contributed by atoms with van der Waals surface area (Å²) in [6, 6.07) is 16.9. The molecule has 2 rings (SSSR count). The van der Waals surface area contributed by atoms with Crippen molar-refractivity contribution in [2.75, 3.05) is 7.11 Å². The van der Waals surface area contributed by atoms with Gasteiger partial charge < -0.3 is 9.84 Å². The van der Waals surface area contributed by atoms with Gasteiger partial charge in [-0.25, -0.2) is 0 Å². The SMILES string of the molecule is COc1ccccc1CC(=O)C(O)Cc1ccccc1. The molecule has 0 aliphatic heterocycles. The second kappa shape index (κ2) is 6.87. The Morgan fingerprint density at radius 1 is 1.10 bits per heavy atom. The number of hydrogen-bond donors (Lipinski definition) is 1. The molecule has 3 heteroatoms. The van der Waals surface area contributed by atoms with Crippen LogP contribution in [0.2, 0.25) is 0 Å². The fourth-order valence-corrected chi connectivity index (χ4v) is 2.11. The highest BCUT2D eigenvalue weighted by Gasteiger charge is 2.17. The van der Waals surface area contributed by atoms with Crippen LogP contribution in [0.25, 0.3) is 0 Å². The van der Waals surface area contributed by atoms with Crippen LogP contribution < -0.4 is 4.74 Å². The second-order valence-corrected chi connectivity index (χ2v) is 4.66. The van der Waals surface area contributed by atoms with Crippen LogP contribution in [0.15, 0.2) is 54.6 Å². The molecular formula is C17H18O3. The van der Waals surface area contributed by atoms with Crippen molar-refractivity contribution in [3.05, 3.63) is 65.7 Å². The summed E-state index contributed by atoms with van der Waals surface area (Å²) in [5.74, 6) is 0.478. The van der Waals surface area contributed by atoms with Gasteiger partial charge in [-0.3, -0.25) is 4.79 Å². The second-order valence-electron chi connectivity index (χ2n) is 4.66. The number of ether oxygens (including phenoxy) is 1. The predicted molar refractivity (Wildman–Crippen MR) is 77.9 cm³/mol. The minimum absolute atomic E-state index is 0.179. The largest absolute Gasteiger partial charge is 0.496 e. The number of methoxy groups -OCH3 is 1. The summed E-state index contributed by atoms with van der Waals surface area (Å²) in [5, 5.41) is 10.0. The lowest BCUT2D eigenvalue weighted by atomic mass is 9.99. The quantitative estimate of drug-likeness (QED) is 0.876. The number of aliphatic hydroxyl groups excluding tert-OH is 1. The van der Waals surface area contributed by atoms with E-state index in [4.69, 9.17) is 4.74 Å². The van der Waals surface area contributed by atoms with Gasteiger partial charge in [0, 0.05) is 18.4 Å². The van der Waals surface area contributed by atoms with Crippen LogP contribution in [0.5, 0.6) is 5.75 Å². The summed E-state index contributed by atoms with van der Waals surface area (Å²) in [6.07, 6.45) is -0.463. The van der Waals surface area contributed by atoms with Gasteiger partial charge in [-0.1, -0.05) is 48.5 Å². The molecule has 0 amide bonds. The van der Waals surface area contributed by atoms with E-state index < -0.39 is 6.10 Å². The Balaban J connectivity index is 2.01. The van der Waals surface area contributed by atoms with E-state index in [2.05, 4.69) is 0 Å². The Kier molecular flexibility index (Phi) is 4.91. The minimum atomic E-state index is -0.984. The van der Waals surface area contributed by atoms with E-state index in [0.29, 0.717) is 12.2 Å². The molecule has 1 N–H and O–H groups in total. The molecule has 0 saturated carbocycles. The first-order chi connectivity index (χ1) is 9.70. The summed E-state index contributed by atoms with van der Waals surface area (Å²) in [5.41, 5.74) is 1.75. The highest BCUT2D eigenvalue weighted by atomic mass is 16.5. The number of carbonyl (C=O) groups excluding carboxylic acids is 1. The van der Waals surface area contributed by atoms with Crippen molar-refractivity contribution in [1.29, 1.82) is 0 Å². The zero-order chi connectivity index (χ0) is 14.4. The first-order valence-corrected chi connectivity index (χ1v) is 6.57. The molecule has 1 atom stereocenters. The lowest BCUT2D eigenvalue weighted by Gasteiger charge is -2.11. The Bertz CT molecular complexity index is 563. The number of Topliss-reactive ketones (excluding diaryl/α,β-unsaturated/α-hetero) is 1. The third-order valence-electron chi connectivity index (χ3n) is 3.20. The Morgan fingerprint density at radius 2 is 1.75 bits per heavy atom. The highest BCUT2D eigenvalue weighted by molar-refractivity contribution is 5.85. The van der Waals surface area contributed by atoms with E-state index in [-0.39, 0.29) is 12.2 Å². The molecule has 0 aromatic heterocycles. The maximum absolute atomic E-state index is 12.1. The van der Waals surface area contributed by atoms with E-state index >= 15 is 0 Å². The number of carbonyl (C=O) groups is 1. The van der Waals surface area contributed by atoms with Crippen molar-refractivity contribution in [2.45, 2.75) is 18.9 Å². The van der Waals surface area contributed by atoms with Crippen molar-refractivity contribution in [3.8, 4) is 5.75 Å². The molecule has 2 aromatic rings. The lowest BCUT2D eigenvalue weighted by molar-refractivity contribution is -0.126. The molecule has 3 nitrogen and oxygen atoms in total. The number of hydrogen-bond acceptors (Lipinski definition) is 3. The maximum Gasteiger partial charge on any atom is 0.166 e. The summed E-state index contributed by atoms with van der Waals surface area (Å²) in [7, 11) is 1.57. The van der Waals surface area contributed by atoms with Crippen LogP contribution in [-0.4, -0.2) is 24.1 Å². The molecular weight excluding hydrogens is 252 g/mol. The Morgan fingerprint density at radius 3 is 2.45 bits per heavy atom. The van der Waals surface area contributed by atoms with Crippen LogP contribution >= 0.6 is 0 Å². The molecule has 2 aromatic carbocycles. The molecule has 0 aliphatic carbocycles. The fraction of sp³-hybridized carbons (Fsp3) is 0.235. The van der Waals surface area contributed by atoms with E-state index in [1.165, 1.54) is 0 Å². The monoisotopic (exact) mass is 270 g/mol. The lowest BCUT2D eigenvalue weighted by Crippen LogP contribution is -2.24. The number of benzene rings is 2. The van der Waals surface area contributed by atoms with Gasteiger partial charge in [0.15, 0.2) is 5.78 Å². The summed E-state index contributed by atoms with van der Waals surface area (Å²) >= 11 is 0. The molecule has 0 aliphatic rings. The molecule has 1 unspecified atom stereocenters. The van der Waals surface area contributed by atoms with Crippen molar-refractivity contribution >= 4 is 5.78 Å². The van der Waals surface area contributed by atoms with E-state index in [9.17, 15) is 9.90 Å². The highest BCUT2D eigenvalue weighted by Crippen LogP contribution is 2.19. The molecule has 0 saturated heterocycles. The minimum Gasteiger partial charge on any atom is -0.496 e. The van der Waals surface area contributed by atoms with E-state index in [0.717, 1.165) is 11.1 Å². The van der Waals surface area contributed by atoms with Crippen LogP contribution in [0.3, 0.4) is 0 Å². The van der Waals surface area contributed by atoms with Crippen molar-refractivity contribution in [2.24, 2.45) is 0 Å². The van der Waals surface area contributed by atoms with Crippen molar-refractivity contribution < 1.29 is 14.6 Å². The smallest absolute Gasteiger partial charge is 0.166 e. The van der Waals surface area contributed by atoms with Gasteiger partial charge >= 0.3 is 0 Å². The summed E-state index contributed by atoms with van der Waals surface area (Å²) in [6.45, 7) is 0. The zero-order valence-corrected chi connectivity index (χ0v) is 11.5. The van der Waals surface area contributed by atoms with Crippen LogP contribution in [0.4, 0.5) is 0 Å². The molecule has 0 fully saturated rings. The van der Waals surface area contributed by atoms with Gasteiger partial charge in [-0.2, -0.15) is 0 Å². The Labute approximate surface area is 118 Å². The number of ketones is 1. The van der Waals surface area contributed by atoms with Gasteiger partial charge in [-0.15, -0.1) is 0 Å². The summed E-state index contributed by atoms with van der Waals surface area (Å²) in [4.78, 5) is 12.1. The topological polar surface area (TPSA) is 46.5 Å². The van der Waals surface area contributed by atoms with Gasteiger partial charge in [-0.05, 0) is 11.6 Å². The predicted octanol–water partition coefficient (Wildman–Crippen LogP) is 2.41. The molecule has 0 radical (unpaired) electrons. The van der Waals surface area contributed by atoms with Crippen LogP contribution in [0.1, 0.15) is 11.1 Å². The maximum atomic E-state index is 12.1. The molecule has 0 heterocycles.